The molecule has 1 rings (SSSR count). The maximum atomic E-state index is 10.0. The minimum atomic E-state index is 0.442. The van der Waals surface area contributed by atoms with Crippen LogP contribution in [0.25, 0.3) is 0 Å². The number of nitrogens with zero attached hydrogens (tertiary/aromatic N) is 1. The Kier molecular flexibility index (Phi) is 3.02. The van der Waals surface area contributed by atoms with E-state index in [1.54, 1.807) is 0 Å². The second-order valence-electron chi connectivity index (χ2n) is 1.74. The van der Waals surface area contributed by atoms with Crippen LogP contribution in [0.4, 0.5) is 0 Å². The number of halogens is 1. The highest BCUT2D eigenvalue weighted by atomic mass is 79.9. The van der Waals surface area contributed by atoms with Crippen molar-refractivity contribution in [1.29, 1.82) is 0 Å². The van der Waals surface area contributed by atoms with Crippen LogP contribution in [-0.2, 0) is 16.5 Å². The minimum absolute atomic E-state index is 0.442. The summed E-state index contributed by atoms with van der Waals surface area (Å²) >= 11 is 4.80. The largest absolute Gasteiger partial charge is 0.303 e. The van der Waals surface area contributed by atoms with Gasteiger partial charge in [0.1, 0.15) is 6.29 Å². The summed E-state index contributed by atoms with van der Waals surface area (Å²) in [6.07, 6.45) is 1.31. The number of alkyl halides is 1. The molecule has 0 aliphatic rings. The van der Waals surface area contributed by atoms with Gasteiger partial charge in [0.2, 0.25) is 0 Å². The fraction of sp³-hybridized carbons (Fsp3) is 0.333. The molecule has 54 valence electrons. The molecule has 0 bridgehead atoms. The molecule has 0 aromatic carbocycles. The lowest BCUT2D eigenvalue weighted by Gasteiger charge is -1.82. The Morgan fingerprint density at radius 1 is 1.80 bits per heavy atom. The molecular weight excluding hydrogens is 214 g/mol. The van der Waals surface area contributed by atoms with Gasteiger partial charge < -0.3 is 4.79 Å². The molecule has 0 radical (unpaired) electrons. The third-order valence-corrected chi connectivity index (χ3v) is 2.49. The fourth-order valence-electron chi connectivity index (χ4n) is 0.575. The highest BCUT2D eigenvalue weighted by Gasteiger charge is 1.98. The predicted octanol–water partition coefficient (Wildman–Crippen LogP) is 1.78. The molecule has 1 heterocycles. The van der Waals surface area contributed by atoms with E-state index in [2.05, 4.69) is 20.9 Å². The smallest absolute Gasteiger partial charge is 0.126 e. The standard InChI is InChI=1S/C6H6BrNOS/c7-3-5-4-10-6(8-5)1-2-9/h2,4H,1,3H2. The maximum absolute atomic E-state index is 10.0. The number of rotatable bonds is 3. The summed E-state index contributed by atoms with van der Waals surface area (Å²) in [4.78, 5) is 14.2. The molecule has 0 saturated heterocycles. The predicted molar refractivity (Wildman–Crippen MR) is 44.5 cm³/mol. The Morgan fingerprint density at radius 3 is 3.10 bits per heavy atom. The number of carbonyl (C=O) groups is 1. The van der Waals surface area contributed by atoms with Gasteiger partial charge in [-0.15, -0.1) is 11.3 Å². The van der Waals surface area contributed by atoms with E-state index < -0.39 is 0 Å². The normalized spacial score (nSPS) is 9.70. The zero-order valence-electron chi connectivity index (χ0n) is 5.21. The first kappa shape index (κ1) is 7.88. The van der Waals surface area contributed by atoms with Crippen molar-refractivity contribution in [3.05, 3.63) is 16.1 Å². The second kappa shape index (κ2) is 3.83. The molecule has 0 N–H and O–H groups in total. The highest BCUT2D eigenvalue weighted by Crippen LogP contribution is 2.11. The zero-order valence-corrected chi connectivity index (χ0v) is 7.61. The van der Waals surface area contributed by atoms with Gasteiger partial charge in [0.05, 0.1) is 17.1 Å². The molecule has 0 spiro atoms. The molecule has 0 fully saturated rings. The van der Waals surface area contributed by atoms with Gasteiger partial charge in [-0.25, -0.2) is 4.98 Å². The van der Waals surface area contributed by atoms with Crippen LogP contribution in [0.2, 0.25) is 0 Å². The summed E-state index contributed by atoms with van der Waals surface area (Å²) in [5, 5.41) is 3.61. The summed E-state index contributed by atoms with van der Waals surface area (Å²) in [6.45, 7) is 0. The molecule has 0 aliphatic carbocycles. The van der Waals surface area contributed by atoms with E-state index in [1.165, 1.54) is 11.3 Å². The van der Waals surface area contributed by atoms with Crippen molar-refractivity contribution in [2.24, 2.45) is 0 Å². The maximum Gasteiger partial charge on any atom is 0.126 e. The van der Waals surface area contributed by atoms with Gasteiger partial charge in [0.25, 0.3) is 0 Å². The molecular formula is C6H6BrNOS. The monoisotopic (exact) mass is 219 g/mol. The van der Waals surface area contributed by atoms with Crippen molar-refractivity contribution in [2.75, 3.05) is 0 Å². The first-order chi connectivity index (χ1) is 4.86. The van der Waals surface area contributed by atoms with Crippen molar-refractivity contribution >= 4 is 33.6 Å². The number of thiazole rings is 1. The molecule has 10 heavy (non-hydrogen) atoms. The number of aldehydes is 1. The number of carbonyl (C=O) groups excluding carboxylic acids is 1. The van der Waals surface area contributed by atoms with Gasteiger partial charge in [0.15, 0.2) is 0 Å². The van der Waals surface area contributed by atoms with Crippen LogP contribution in [0.5, 0.6) is 0 Å². The number of aromatic nitrogens is 1. The van der Waals surface area contributed by atoms with Crippen molar-refractivity contribution in [3.63, 3.8) is 0 Å². The van der Waals surface area contributed by atoms with Crippen molar-refractivity contribution in [1.82, 2.24) is 4.98 Å². The lowest BCUT2D eigenvalue weighted by Crippen LogP contribution is -1.84. The molecule has 0 aliphatic heterocycles. The summed E-state index contributed by atoms with van der Waals surface area (Å²) in [7, 11) is 0. The molecule has 0 unspecified atom stereocenters. The molecule has 0 atom stereocenters. The van der Waals surface area contributed by atoms with Crippen molar-refractivity contribution in [2.45, 2.75) is 11.8 Å². The SMILES string of the molecule is O=CCc1nc(CBr)cs1. The lowest BCUT2D eigenvalue weighted by molar-refractivity contribution is -0.107. The highest BCUT2D eigenvalue weighted by molar-refractivity contribution is 9.08. The summed E-state index contributed by atoms with van der Waals surface area (Å²) in [6, 6.07) is 0. The van der Waals surface area contributed by atoms with Crippen LogP contribution < -0.4 is 0 Å². The number of hydrogen-bond acceptors (Lipinski definition) is 3. The first-order valence-corrected chi connectivity index (χ1v) is 4.80. The quantitative estimate of drug-likeness (QED) is 0.574. The Hall–Kier alpha value is -0.220. The van der Waals surface area contributed by atoms with E-state index in [4.69, 9.17) is 0 Å². The summed E-state index contributed by atoms with van der Waals surface area (Å²) in [5.41, 5.74) is 1.00. The van der Waals surface area contributed by atoms with E-state index >= 15 is 0 Å². The average Bonchev–Trinajstić information content (AvgIpc) is 2.37. The van der Waals surface area contributed by atoms with E-state index in [0.29, 0.717) is 6.42 Å². The van der Waals surface area contributed by atoms with Gasteiger partial charge in [-0.05, 0) is 0 Å². The van der Waals surface area contributed by atoms with Crippen LogP contribution in [0.1, 0.15) is 10.7 Å². The lowest BCUT2D eigenvalue weighted by atomic mass is 10.5. The summed E-state index contributed by atoms with van der Waals surface area (Å²) < 4.78 is 0. The van der Waals surface area contributed by atoms with Crippen LogP contribution in [0.3, 0.4) is 0 Å². The van der Waals surface area contributed by atoms with Gasteiger partial charge in [-0.3, -0.25) is 0 Å². The van der Waals surface area contributed by atoms with E-state index in [0.717, 1.165) is 22.3 Å². The Morgan fingerprint density at radius 2 is 2.60 bits per heavy atom. The van der Waals surface area contributed by atoms with Crippen LogP contribution >= 0.6 is 27.3 Å². The Balaban J connectivity index is 2.67. The zero-order chi connectivity index (χ0) is 7.40. The molecule has 1 aromatic heterocycles. The van der Waals surface area contributed by atoms with Gasteiger partial charge in [0, 0.05) is 10.7 Å². The van der Waals surface area contributed by atoms with Crippen LogP contribution in [0, 0.1) is 0 Å². The van der Waals surface area contributed by atoms with Gasteiger partial charge >= 0.3 is 0 Å². The number of hydrogen-bond donors (Lipinski definition) is 0. The third kappa shape index (κ3) is 1.88. The van der Waals surface area contributed by atoms with Gasteiger partial charge in [-0.1, -0.05) is 15.9 Å². The fourth-order valence-corrected chi connectivity index (χ4v) is 1.82. The van der Waals surface area contributed by atoms with Crippen molar-refractivity contribution < 1.29 is 4.79 Å². The van der Waals surface area contributed by atoms with Crippen molar-refractivity contribution in [3.8, 4) is 0 Å². The topological polar surface area (TPSA) is 30.0 Å². The molecule has 4 heteroatoms. The van der Waals surface area contributed by atoms with E-state index in [9.17, 15) is 4.79 Å². The second-order valence-corrected chi connectivity index (χ2v) is 3.24. The summed E-state index contributed by atoms with van der Waals surface area (Å²) in [5.74, 6) is 0. The van der Waals surface area contributed by atoms with E-state index in [1.807, 2.05) is 5.38 Å². The molecule has 1 aromatic rings. The van der Waals surface area contributed by atoms with Gasteiger partial charge in [-0.2, -0.15) is 0 Å². The van der Waals surface area contributed by atoms with Crippen LogP contribution in [-0.4, -0.2) is 11.3 Å². The Labute approximate surface area is 71.4 Å². The molecule has 0 saturated carbocycles. The van der Waals surface area contributed by atoms with E-state index in [-0.39, 0.29) is 0 Å². The molecule has 2 nitrogen and oxygen atoms in total. The first-order valence-electron chi connectivity index (χ1n) is 2.79. The Bertz CT molecular complexity index is 223. The average molecular weight is 220 g/mol. The third-order valence-electron chi connectivity index (χ3n) is 0.994. The minimum Gasteiger partial charge on any atom is -0.303 e. The van der Waals surface area contributed by atoms with Crippen LogP contribution in [0.15, 0.2) is 5.38 Å². The molecule has 0 amide bonds.